The molecule has 4 nitrogen and oxygen atoms in total. The molecule has 122 valence electrons. The van der Waals surface area contributed by atoms with Gasteiger partial charge in [0.25, 0.3) is 0 Å². The lowest BCUT2D eigenvalue weighted by Crippen LogP contribution is -2.14. The Hall–Kier alpha value is -2.49. The average Bonchev–Trinajstić information content (AvgIpc) is 2.55. The number of aryl methyl sites for hydroxylation is 3. The maximum atomic E-state index is 11.5. The molecule has 0 radical (unpaired) electrons. The fourth-order valence-corrected chi connectivity index (χ4v) is 2.42. The molecule has 0 bridgehead atoms. The van der Waals surface area contributed by atoms with E-state index in [1.54, 1.807) is 0 Å². The summed E-state index contributed by atoms with van der Waals surface area (Å²) in [5.74, 6) is 0.856. The third kappa shape index (κ3) is 4.25. The lowest BCUT2D eigenvalue weighted by molar-refractivity contribution is 0.187. The molecule has 0 aliphatic rings. The van der Waals surface area contributed by atoms with Gasteiger partial charge in [-0.2, -0.15) is 0 Å². The Morgan fingerprint density at radius 2 is 1.91 bits per heavy atom. The van der Waals surface area contributed by atoms with Crippen LogP contribution in [0, 0.1) is 13.8 Å². The van der Waals surface area contributed by atoms with Crippen LogP contribution >= 0.6 is 0 Å². The molecule has 2 aromatic carbocycles. The Balaban J connectivity index is 2.18. The fraction of sp³-hybridized carbons (Fsp3) is 0.316. The van der Waals surface area contributed by atoms with Crippen molar-refractivity contribution < 1.29 is 14.3 Å². The predicted octanol–water partition coefficient (Wildman–Crippen LogP) is 4.62. The number of hydrogen-bond acceptors (Lipinski definition) is 3. The summed E-state index contributed by atoms with van der Waals surface area (Å²) in [4.78, 5) is 11.5. The van der Waals surface area contributed by atoms with Crippen LogP contribution in [0.3, 0.4) is 0 Å². The van der Waals surface area contributed by atoms with Crippen LogP contribution in [-0.4, -0.2) is 13.2 Å². The van der Waals surface area contributed by atoms with E-state index in [1.165, 1.54) is 12.7 Å². The molecule has 2 rings (SSSR count). The molecule has 0 aliphatic carbocycles. The van der Waals surface area contributed by atoms with Crippen molar-refractivity contribution in [2.24, 2.45) is 0 Å². The first kappa shape index (κ1) is 16.9. The minimum atomic E-state index is -0.486. The zero-order chi connectivity index (χ0) is 16.8. The number of ether oxygens (including phenoxy) is 2. The molecule has 0 saturated carbocycles. The summed E-state index contributed by atoms with van der Waals surface area (Å²) < 4.78 is 10.6. The molecule has 0 saturated heterocycles. The summed E-state index contributed by atoms with van der Waals surface area (Å²) in [7, 11) is 1.35. The topological polar surface area (TPSA) is 47.6 Å². The van der Waals surface area contributed by atoms with Crippen molar-refractivity contribution in [2.75, 3.05) is 12.4 Å². The second kappa shape index (κ2) is 7.68. The van der Waals surface area contributed by atoms with E-state index in [1.807, 2.05) is 38.1 Å². The Labute approximate surface area is 137 Å². The molecule has 2 aromatic rings. The molecule has 1 amide bonds. The normalized spacial score (nSPS) is 10.3. The standard InChI is InChI=1S/C19H23NO3/c1-5-15-9-10-18(14(3)11-15)23-12-16-13(2)7-6-8-17(16)20-19(21)22-4/h6-11H,5,12H2,1-4H3,(H,20,21). The number of carbonyl (C=O) groups excluding carboxylic acids is 1. The van der Waals surface area contributed by atoms with Crippen LogP contribution in [0.2, 0.25) is 0 Å². The largest absolute Gasteiger partial charge is 0.489 e. The number of methoxy groups -OCH3 is 1. The molecule has 1 N–H and O–H groups in total. The summed E-state index contributed by atoms with van der Waals surface area (Å²) in [6.45, 7) is 6.56. The zero-order valence-electron chi connectivity index (χ0n) is 14.1. The first-order valence-corrected chi connectivity index (χ1v) is 7.71. The minimum absolute atomic E-state index is 0.387. The number of carbonyl (C=O) groups is 1. The number of amides is 1. The van der Waals surface area contributed by atoms with Crippen LogP contribution < -0.4 is 10.1 Å². The van der Waals surface area contributed by atoms with Crippen LogP contribution in [0.1, 0.15) is 29.2 Å². The lowest BCUT2D eigenvalue weighted by Gasteiger charge is -2.15. The highest BCUT2D eigenvalue weighted by molar-refractivity contribution is 5.85. The molecule has 0 heterocycles. The first-order chi connectivity index (χ1) is 11.0. The number of hydrogen-bond donors (Lipinski definition) is 1. The van der Waals surface area contributed by atoms with E-state index < -0.39 is 6.09 Å². The Morgan fingerprint density at radius 3 is 2.57 bits per heavy atom. The van der Waals surface area contributed by atoms with E-state index in [-0.39, 0.29) is 0 Å². The third-order valence-electron chi connectivity index (χ3n) is 3.85. The fourth-order valence-electron chi connectivity index (χ4n) is 2.42. The maximum Gasteiger partial charge on any atom is 0.411 e. The van der Waals surface area contributed by atoms with Crippen molar-refractivity contribution in [3.05, 3.63) is 58.7 Å². The lowest BCUT2D eigenvalue weighted by atomic mass is 10.1. The third-order valence-corrected chi connectivity index (χ3v) is 3.85. The first-order valence-electron chi connectivity index (χ1n) is 7.71. The van der Waals surface area contributed by atoms with E-state index in [0.717, 1.165) is 28.9 Å². The van der Waals surface area contributed by atoms with Gasteiger partial charge in [-0.25, -0.2) is 4.79 Å². The smallest absolute Gasteiger partial charge is 0.411 e. The van der Waals surface area contributed by atoms with Crippen molar-refractivity contribution in [1.29, 1.82) is 0 Å². The molecular weight excluding hydrogens is 290 g/mol. The van der Waals surface area contributed by atoms with E-state index in [4.69, 9.17) is 4.74 Å². The number of rotatable bonds is 5. The van der Waals surface area contributed by atoms with E-state index in [9.17, 15) is 4.79 Å². The average molecular weight is 313 g/mol. The van der Waals surface area contributed by atoms with Gasteiger partial charge in [0, 0.05) is 5.56 Å². The summed E-state index contributed by atoms with van der Waals surface area (Å²) in [5.41, 5.74) is 5.11. The Bertz CT molecular complexity index is 695. The van der Waals surface area contributed by atoms with E-state index >= 15 is 0 Å². The Kier molecular flexibility index (Phi) is 5.63. The highest BCUT2D eigenvalue weighted by atomic mass is 16.5. The predicted molar refractivity (Wildman–Crippen MR) is 92.1 cm³/mol. The highest BCUT2D eigenvalue weighted by Gasteiger charge is 2.10. The monoisotopic (exact) mass is 313 g/mol. The molecular formula is C19H23NO3. The molecule has 0 atom stereocenters. The van der Waals surface area contributed by atoms with Gasteiger partial charge >= 0.3 is 6.09 Å². The molecule has 0 fully saturated rings. The van der Waals surface area contributed by atoms with Gasteiger partial charge in [0.15, 0.2) is 0 Å². The van der Waals surface area contributed by atoms with Crippen molar-refractivity contribution >= 4 is 11.8 Å². The van der Waals surface area contributed by atoms with Crippen molar-refractivity contribution in [3.8, 4) is 5.75 Å². The zero-order valence-corrected chi connectivity index (χ0v) is 14.1. The van der Waals surface area contributed by atoms with Crippen LogP contribution in [0.25, 0.3) is 0 Å². The molecule has 0 unspecified atom stereocenters. The minimum Gasteiger partial charge on any atom is -0.489 e. The quantitative estimate of drug-likeness (QED) is 0.876. The summed E-state index contributed by atoms with van der Waals surface area (Å²) in [6.07, 6.45) is 0.520. The van der Waals surface area contributed by atoms with Gasteiger partial charge in [-0.1, -0.05) is 31.2 Å². The van der Waals surface area contributed by atoms with Gasteiger partial charge in [0.2, 0.25) is 0 Å². The van der Waals surface area contributed by atoms with E-state index in [0.29, 0.717) is 12.3 Å². The van der Waals surface area contributed by atoms with Gasteiger partial charge in [0.05, 0.1) is 12.8 Å². The van der Waals surface area contributed by atoms with Crippen molar-refractivity contribution in [1.82, 2.24) is 0 Å². The second-order valence-corrected chi connectivity index (χ2v) is 5.46. The molecule has 0 spiro atoms. The van der Waals surface area contributed by atoms with Gasteiger partial charge in [0.1, 0.15) is 12.4 Å². The van der Waals surface area contributed by atoms with Gasteiger partial charge in [-0.15, -0.1) is 0 Å². The summed E-state index contributed by atoms with van der Waals surface area (Å²) >= 11 is 0. The SMILES string of the molecule is CCc1ccc(OCc2c(C)cccc2NC(=O)OC)c(C)c1. The summed E-state index contributed by atoms with van der Waals surface area (Å²) in [5, 5.41) is 2.73. The van der Waals surface area contributed by atoms with Gasteiger partial charge in [-0.3, -0.25) is 5.32 Å². The molecule has 4 heteroatoms. The molecule has 0 aliphatic heterocycles. The molecule has 23 heavy (non-hydrogen) atoms. The van der Waals surface area contributed by atoms with Crippen LogP contribution in [-0.2, 0) is 17.8 Å². The van der Waals surface area contributed by atoms with E-state index in [2.05, 4.69) is 29.1 Å². The Morgan fingerprint density at radius 1 is 1.13 bits per heavy atom. The van der Waals surface area contributed by atoms with Crippen molar-refractivity contribution in [3.63, 3.8) is 0 Å². The summed E-state index contributed by atoms with van der Waals surface area (Å²) in [6, 6.07) is 11.9. The van der Waals surface area contributed by atoms with Crippen LogP contribution in [0.4, 0.5) is 10.5 Å². The van der Waals surface area contributed by atoms with Crippen LogP contribution in [0.5, 0.6) is 5.75 Å². The highest BCUT2D eigenvalue weighted by Crippen LogP contribution is 2.25. The maximum absolute atomic E-state index is 11.5. The van der Waals surface area contributed by atoms with Crippen molar-refractivity contribution in [2.45, 2.75) is 33.8 Å². The second-order valence-electron chi connectivity index (χ2n) is 5.46. The van der Waals surface area contributed by atoms with Gasteiger partial charge in [-0.05, 0) is 49.1 Å². The van der Waals surface area contributed by atoms with Gasteiger partial charge < -0.3 is 9.47 Å². The number of benzene rings is 2. The molecule has 0 aromatic heterocycles. The number of anilines is 1. The van der Waals surface area contributed by atoms with Crippen LogP contribution in [0.15, 0.2) is 36.4 Å². The number of nitrogens with one attached hydrogen (secondary N) is 1.